The van der Waals surface area contributed by atoms with Crippen LogP contribution in [0.25, 0.3) is 0 Å². The lowest BCUT2D eigenvalue weighted by molar-refractivity contribution is 0.0983. The summed E-state index contributed by atoms with van der Waals surface area (Å²) >= 11 is 0. The Hall–Kier alpha value is -2.29. The number of anilines is 1. The SMILES string of the molecule is CCOC(=O)N1CCC(Nc2cc(C#N)ccn2)CC1. The van der Waals surface area contributed by atoms with Crippen LogP contribution in [-0.2, 0) is 4.74 Å². The number of hydrogen-bond acceptors (Lipinski definition) is 5. The Morgan fingerprint density at radius 2 is 2.35 bits per heavy atom. The summed E-state index contributed by atoms with van der Waals surface area (Å²) in [7, 11) is 0. The molecule has 1 aliphatic heterocycles. The highest BCUT2D eigenvalue weighted by molar-refractivity contribution is 5.67. The van der Waals surface area contributed by atoms with Crippen molar-refractivity contribution in [1.82, 2.24) is 9.88 Å². The number of ether oxygens (including phenoxy) is 1. The smallest absolute Gasteiger partial charge is 0.409 e. The van der Waals surface area contributed by atoms with Gasteiger partial charge in [0.15, 0.2) is 0 Å². The Labute approximate surface area is 118 Å². The second-order valence-corrected chi connectivity index (χ2v) is 4.65. The van der Waals surface area contributed by atoms with Crippen molar-refractivity contribution < 1.29 is 9.53 Å². The molecule has 2 heterocycles. The van der Waals surface area contributed by atoms with E-state index in [1.807, 2.05) is 0 Å². The number of pyridine rings is 1. The van der Waals surface area contributed by atoms with Crippen LogP contribution in [0.5, 0.6) is 0 Å². The molecule has 6 nitrogen and oxygen atoms in total. The molecule has 1 aliphatic rings. The second-order valence-electron chi connectivity index (χ2n) is 4.65. The third-order valence-electron chi connectivity index (χ3n) is 3.26. The normalized spacial score (nSPS) is 15.5. The molecule has 106 valence electrons. The molecule has 1 fully saturated rings. The fourth-order valence-corrected chi connectivity index (χ4v) is 2.21. The topological polar surface area (TPSA) is 78.2 Å². The molecule has 2 rings (SSSR count). The number of rotatable bonds is 3. The monoisotopic (exact) mass is 274 g/mol. The van der Waals surface area contributed by atoms with Gasteiger partial charge >= 0.3 is 6.09 Å². The number of piperidine rings is 1. The van der Waals surface area contributed by atoms with E-state index < -0.39 is 0 Å². The average Bonchev–Trinajstić information content (AvgIpc) is 2.48. The molecule has 1 aromatic rings. The zero-order valence-electron chi connectivity index (χ0n) is 11.5. The summed E-state index contributed by atoms with van der Waals surface area (Å²) in [6.07, 6.45) is 3.07. The molecule has 1 amide bonds. The second kappa shape index (κ2) is 6.75. The quantitative estimate of drug-likeness (QED) is 0.911. The first kappa shape index (κ1) is 14.1. The number of nitrogens with zero attached hydrogens (tertiary/aromatic N) is 3. The maximum atomic E-state index is 11.6. The summed E-state index contributed by atoms with van der Waals surface area (Å²) in [5.74, 6) is 0.707. The Kier molecular flexibility index (Phi) is 4.77. The van der Waals surface area contributed by atoms with Gasteiger partial charge in [0.25, 0.3) is 0 Å². The molecule has 0 bridgehead atoms. The maximum Gasteiger partial charge on any atom is 0.409 e. The van der Waals surface area contributed by atoms with E-state index in [1.165, 1.54) is 0 Å². The number of nitriles is 1. The first-order chi connectivity index (χ1) is 9.72. The highest BCUT2D eigenvalue weighted by Crippen LogP contribution is 2.16. The van der Waals surface area contributed by atoms with Gasteiger partial charge in [-0.25, -0.2) is 9.78 Å². The van der Waals surface area contributed by atoms with Crippen molar-refractivity contribution in [3.63, 3.8) is 0 Å². The van der Waals surface area contributed by atoms with Gasteiger partial charge in [-0.05, 0) is 31.9 Å². The summed E-state index contributed by atoms with van der Waals surface area (Å²) < 4.78 is 4.98. The summed E-state index contributed by atoms with van der Waals surface area (Å²) in [6, 6.07) is 5.77. The van der Waals surface area contributed by atoms with Crippen LogP contribution in [0, 0.1) is 11.3 Å². The van der Waals surface area contributed by atoms with E-state index >= 15 is 0 Å². The molecule has 1 N–H and O–H groups in total. The molecular formula is C14H18N4O2. The van der Waals surface area contributed by atoms with Crippen molar-refractivity contribution in [2.75, 3.05) is 25.0 Å². The lowest BCUT2D eigenvalue weighted by atomic mass is 10.1. The third-order valence-corrected chi connectivity index (χ3v) is 3.26. The predicted octanol–water partition coefficient (Wildman–Crippen LogP) is 1.99. The summed E-state index contributed by atoms with van der Waals surface area (Å²) in [5, 5.41) is 12.2. The van der Waals surface area contributed by atoms with Gasteiger partial charge in [-0.15, -0.1) is 0 Å². The molecule has 0 aromatic carbocycles. The summed E-state index contributed by atoms with van der Waals surface area (Å²) in [5.41, 5.74) is 0.589. The minimum Gasteiger partial charge on any atom is -0.450 e. The van der Waals surface area contributed by atoms with Gasteiger partial charge < -0.3 is 15.0 Å². The van der Waals surface area contributed by atoms with E-state index in [0.717, 1.165) is 12.8 Å². The van der Waals surface area contributed by atoms with Gasteiger partial charge in [0.2, 0.25) is 0 Å². The molecule has 1 aromatic heterocycles. The summed E-state index contributed by atoms with van der Waals surface area (Å²) in [6.45, 7) is 3.56. The Morgan fingerprint density at radius 1 is 1.60 bits per heavy atom. The van der Waals surface area contributed by atoms with E-state index in [9.17, 15) is 4.79 Å². The van der Waals surface area contributed by atoms with Crippen molar-refractivity contribution in [1.29, 1.82) is 5.26 Å². The van der Waals surface area contributed by atoms with Gasteiger partial charge in [0, 0.05) is 25.3 Å². The molecule has 0 atom stereocenters. The van der Waals surface area contributed by atoms with Crippen LogP contribution in [0.2, 0.25) is 0 Å². The summed E-state index contributed by atoms with van der Waals surface area (Å²) in [4.78, 5) is 17.5. The Bertz CT molecular complexity index is 504. The number of amides is 1. The van der Waals surface area contributed by atoms with E-state index in [2.05, 4.69) is 16.4 Å². The fourth-order valence-electron chi connectivity index (χ4n) is 2.21. The molecule has 0 spiro atoms. The van der Waals surface area contributed by atoms with E-state index in [1.54, 1.807) is 30.2 Å². The maximum absolute atomic E-state index is 11.6. The molecular weight excluding hydrogens is 256 g/mol. The molecule has 1 saturated heterocycles. The highest BCUT2D eigenvalue weighted by atomic mass is 16.6. The van der Waals surface area contributed by atoms with Crippen molar-refractivity contribution in [2.45, 2.75) is 25.8 Å². The molecule has 0 unspecified atom stereocenters. The largest absolute Gasteiger partial charge is 0.450 e. The number of hydrogen-bond donors (Lipinski definition) is 1. The van der Waals surface area contributed by atoms with E-state index in [-0.39, 0.29) is 12.1 Å². The van der Waals surface area contributed by atoms with Crippen LogP contribution < -0.4 is 5.32 Å². The minimum absolute atomic E-state index is 0.240. The van der Waals surface area contributed by atoms with Crippen molar-refractivity contribution in [3.05, 3.63) is 23.9 Å². The lowest BCUT2D eigenvalue weighted by Crippen LogP contribution is -2.42. The minimum atomic E-state index is -0.240. The first-order valence-electron chi connectivity index (χ1n) is 6.77. The standard InChI is InChI=1S/C14H18N4O2/c1-2-20-14(19)18-7-4-12(5-8-18)17-13-9-11(10-15)3-6-16-13/h3,6,9,12H,2,4-5,7-8H2,1H3,(H,16,17). The Balaban J connectivity index is 1.85. The number of carbonyl (C=O) groups is 1. The van der Waals surface area contributed by atoms with Crippen LogP contribution in [0.3, 0.4) is 0 Å². The van der Waals surface area contributed by atoms with Gasteiger partial charge in [-0.1, -0.05) is 0 Å². The molecule has 0 radical (unpaired) electrons. The van der Waals surface area contributed by atoms with Crippen LogP contribution in [0.1, 0.15) is 25.3 Å². The van der Waals surface area contributed by atoms with Gasteiger partial charge in [0.05, 0.1) is 18.2 Å². The van der Waals surface area contributed by atoms with Crippen LogP contribution >= 0.6 is 0 Å². The van der Waals surface area contributed by atoms with E-state index in [4.69, 9.17) is 10.00 Å². The van der Waals surface area contributed by atoms with Crippen LogP contribution in [0.4, 0.5) is 10.6 Å². The molecule has 0 saturated carbocycles. The average molecular weight is 274 g/mol. The zero-order chi connectivity index (χ0) is 14.4. The molecule has 6 heteroatoms. The molecule has 20 heavy (non-hydrogen) atoms. The zero-order valence-corrected chi connectivity index (χ0v) is 11.5. The van der Waals surface area contributed by atoms with E-state index in [0.29, 0.717) is 31.1 Å². The van der Waals surface area contributed by atoms with Gasteiger partial charge in [-0.3, -0.25) is 0 Å². The van der Waals surface area contributed by atoms with Gasteiger partial charge in [-0.2, -0.15) is 5.26 Å². The Morgan fingerprint density at radius 3 is 3.00 bits per heavy atom. The first-order valence-corrected chi connectivity index (χ1v) is 6.77. The van der Waals surface area contributed by atoms with Crippen molar-refractivity contribution >= 4 is 11.9 Å². The predicted molar refractivity (Wildman–Crippen MR) is 74.2 cm³/mol. The van der Waals surface area contributed by atoms with Crippen LogP contribution in [0.15, 0.2) is 18.3 Å². The number of likely N-dealkylation sites (tertiary alicyclic amines) is 1. The highest BCUT2D eigenvalue weighted by Gasteiger charge is 2.23. The fraction of sp³-hybridized carbons (Fsp3) is 0.500. The number of carbonyl (C=O) groups excluding carboxylic acids is 1. The third kappa shape index (κ3) is 3.60. The number of aromatic nitrogens is 1. The van der Waals surface area contributed by atoms with Gasteiger partial charge in [0.1, 0.15) is 5.82 Å². The van der Waals surface area contributed by atoms with Crippen molar-refractivity contribution in [3.8, 4) is 6.07 Å². The van der Waals surface area contributed by atoms with Crippen molar-refractivity contribution in [2.24, 2.45) is 0 Å². The molecule has 0 aliphatic carbocycles. The van der Waals surface area contributed by atoms with Crippen LogP contribution in [-0.4, -0.2) is 41.7 Å². The lowest BCUT2D eigenvalue weighted by Gasteiger charge is -2.31. The number of nitrogens with one attached hydrogen (secondary N) is 1.